The molecule has 110 valence electrons. The summed E-state index contributed by atoms with van der Waals surface area (Å²) in [6, 6.07) is 2.32. The van der Waals surface area contributed by atoms with E-state index in [1.165, 1.54) is 12.5 Å². The Labute approximate surface area is 119 Å². The number of nitriles is 1. The van der Waals surface area contributed by atoms with E-state index in [-0.39, 0.29) is 11.1 Å². The number of nitrogens with zero attached hydrogens (tertiary/aromatic N) is 3. The second-order valence-corrected chi connectivity index (χ2v) is 7.05. The van der Waals surface area contributed by atoms with Gasteiger partial charge in [0.05, 0.1) is 12.4 Å². The lowest BCUT2D eigenvalue weighted by atomic mass is 10.0. The van der Waals surface area contributed by atoms with Crippen molar-refractivity contribution in [3.05, 3.63) is 12.5 Å². The first-order valence-electron chi connectivity index (χ1n) is 6.91. The third-order valence-electron chi connectivity index (χ3n) is 3.95. The minimum absolute atomic E-state index is 0.0145. The monoisotopic (exact) mass is 296 g/mol. The molecule has 20 heavy (non-hydrogen) atoms. The van der Waals surface area contributed by atoms with E-state index >= 15 is 0 Å². The van der Waals surface area contributed by atoms with Crippen LogP contribution in [0, 0.1) is 11.3 Å². The van der Waals surface area contributed by atoms with Crippen LogP contribution >= 0.6 is 0 Å². The second kappa shape index (κ2) is 5.54. The fourth-order valence-corrected chi connectivity index (χ4v) is 3.75. The fourth-order valence-electron chi connectivity index (χ4n) is 2.43. The molecule has 1 aromatic rings. The first-order chi connectivity index (χ1) is 9.42. The lowest BCUT2D eigenvalue weighted by Gasteiger charge is -2.20. The maximum atomic E-state index is 12.3. The second-order valence-electron chi connectivity index (χ2n) is 5.42. The van der Waals surface area contributed by atoms with Gasteiger partial charge in [-0.3, -0.25) is 0 Å². The van der Waals surface area contributed by atoms with Gasteiger partial charge in [-0.25, -0.2) is 13.4 Å². The van der Waals surface area contributed by atoms with E-state index in [1.807, 2.05) is 13.8 Å². The van der Waals surface area contributed by atoms with E-state index in [1.54, 1.807) is 4.57 Å². The maximum absolute atomic E-state index is 12.3. The SMILES string of the molecule is CC[C@@H](C)n1cnc(S(=O)(=O)NC2(C#N)CCCC2)c1. The summed E-state index contributed by atoms with van der Waals surface area (Å²) in [5, 5.41) is 9.24. The summed E-state index contributed by atoms with van der Waals surface area (Å²) in [5.41, 5.74) is -0.959. The number of hydrogen-bond acceptors (Lipinski definition) is 4. The average Bonchev–Trinajstić information content (AvgIpc) is 3.07. The summed E-state index contributed by atoms with van der Waals surface area (Å²) in [5.74, 6) is 0. The quantitative estimate of drug-likeness (QED) is 0.899. The van der Waals surface area contributed by atoms with E-state index in [0.717, 1.165) is 19.3 Å². The van der Waals surface area contributed by atoms with Gasteiger partial charge in [0, 0.05) is 12.2 Å². The van der Waals surface area contributed by atoms with Crippen molar-refractivity contribution in [3.8, 4) is 6.07 Å². The van der Waals surface area contributed by atoms with Crippen molar-refractivity contribution in [1.82, 2.24) is 14.3 Å². The highest BCUT2D eigenvalue weighted by molar-refractivity contribution is 7.89. The van der Waals surface area contributed by atoms with E-state index in [0.29, 0.717) is 12.8 Å². The van der Waals surface area contributed by atoms with Crippen LogP contribution in [0.4, 0.5) is 0 Å². The lowest BCUT2D eigenvalue weighted by Crippen LogP contribution is -2.45. The van der Waals surface area contributed by atoms with Crippen LogP contribution in [0.15, 0.2) is 17.6 Å². The first-order valence-corrected chi connectivity index (χ1v) is 8.39. The summed E-state index contributed by atoms with van der Waals surface area (Å²) < 4.78 is 29.0. The van der Waals surface area contributed by atoms with Gasteiger partial charge in [0.2, 0.25) is 0 Å². The highest BCUT2D eigenvalue weighted by Crippen LogP contribution is 2.30. The molecule has 1 aromatic heterocycles. The maximum Gasteiger partial charge on any atom is 0.260 e. The zero-order chi connectivity index (χ0) is 14.8. The van der Waals surface area contributed by atoms with Crippen molar-refractivity contribution >= 4 is 10.0 Å². The minimum Gasteiger partial charge on any atom is -0.333 e. The highest BCUT2D eigenvalue weighted by atomic mass is 32.2. The van der Waals surface area contributed by atoms with Crippen molar-refractivity contribution < 1.29 is 8.42 Å². The van der Waals surface area contributed by atoms with Crippen LogP contribution < -0.4 is 4.72 Å². The molecule has 1 heterocycles. The molecule has 1 N–H and O–H groups in total. The van der Waals surface area contributed by atoms with Gasteiger partial charge in [-0.05, 0) is 26.2 Å². The molecule has 1 aliphatic rings. The third-order valence-corrected chi connectivity index (χ3v) is 5.37. The molecular weight excluding hydrogens is 276 g/mol. The normalized spacial score (nSPS) is 19.6. The average molecular weight is 296 g/mol. The smallest absolute Gasteiger partial charge is 0.260 e. The molecule has 2 rings (SSSR count). The van der Waals surface area contributed by atoms with Gasteiger partial charge in [0.25, 0.3) is 10.0 Å². The van der Waals surface area contributed by atoms with Gasteiger partial charge in [-0.1, -0.05) is 19.8 Å². The Balaban J connectivity index is 2.23. The van der Waals surface area contributed by atoms with Gasteiger partial charge in [0.1, 0.15) is 5.54 Å². The Kier molecular flexibility index (Phi) is 4.16. The Morgan fingerprint density at radius 2 is 2.20 bits per heavy atom. The Bertz CT molecular complexity index is 609. The van der Waals surface area contributed by atoms with Gasteiger partial charge < -0.3 is 4.57 Å². The highest BCUT2D eigenvalue weighted by Gasteiger charge is 2.38. The standard InChI is InChI=1S/C13H20N4O2S/c1-3-11(2)17-8-12(15-10-17)20(18,19)16-13(9-14)6-4-5-7-13/h8,10-11,16H,3-7H2,1-2H3/t11-/m1/s1. The third kappa shape index (κ3) is 2.86. The number of nitrogens with one attached hydrogen (secondary N) is 1. The molecule has 0 spiro atoms. The van der Waals surface area contributed by atoms with Gasteiger partial charge >= 0.3 is 0 Å². The summed E-state index contributed by atoms with van der Waals surface area (Å²) in [4.78, 5) is 3.97. The predicted octanol–water partition coefficient (Wildman–Crippen LogP) is 1.97. The van der Waals surface area contributed by atoms with Crippen LogP contribution in [0.3, 0.4) is 0 Å². The molecule has 0 radical (unpaired) electrons. The van der Waals surface area contributed by atoms with Crippen molar-refractivity contribution in [2.45, 2.75) is 62.6 Å². The van der Waals surface area contributed by atoms with Gasteiger partial charge in [-0.2, -0.15) is 9.98 Å². The number of aromatic nitrogens is 2. The number of hydrogen-bond donors (Lipinski definition) is 1. The molecule has 0 unspecified atom stereocenters. The Hall–Kier alpha value is -1.39. The van der Waals surface area contributed by atoms with Gasteiger partial charge in [0.15, 0.2) is 5.03 Å². The Morgan fingerprint density at radius 3 is 2.75 bits per heavy atom. The molecule has 0 aliphatic heterocycles. The molecule has 0 aromatic carbocycles. The molecule has 0 saturated heterocycles. The molecule has 1 fully saturated rings. The molecule has 1 atom stereocenters. The van der Waals surface area contributed by atoms with E-state index < -0.39 is 15.6 Å². The summed E-state index contributed by atoms with van der Waals surface area (Å²) in [6.45, 7) is 4.03. The minimum atomic E-state index is -3.74. The van der Waals surface area contributed by atoms with Crippen LogP contribution in [0.5, 0.6) is 0 Å². The van der Waals surface area contributed by atoms with Gasteiger partial charge in [-0.15, -0.1) is 0 Å². The van der Waals surface area contributed by atoms with Crippen molar-refractivity contribution in [2.75, 3.05) is 0 Å². The van der Waals surface area contributed by atoms with Crippen LogP contribution in [-0.4, -0.2) is 23.5 Å². The van der Waals surface area contributed by atoms with E-state index in [9.17, 15) is 13.7 Å². The molecule has 7 heteroatoms. The number of imidazole rings is 1. The number of sulfonamides is 1. The molecular formula is C13H20N4O2S. The van der Waals surface area contributed by atoms with Crippen molar-refractivity contribution in [3.63, 3.8) is 0 Å². The Morgan fingerprint density at radius 1 is 1.55 bits per heavy atom. The lowest BCUT2D eigenvalue weighted by molar-refractivity contribution is 0.483. The van der Waals surface area contributed by atoms with Crippen LogP contribution in [-0.2, 0) is 10.0 Å². The molecule has 1 saturated carbocycles. The summed E-state index contributed by atoms with van der Waals surface area (Å²) in [7, 11) is -3.74. The zero-order valence-electron chi connectivity index (χ0n) is 11.8. The van der Waals surface area contributed by atoms with Crippen LogP contribution in [0.25, 0.3) is 0 Å². The molecule has 1 aliphatic carbocycles. The van der Waals surface area contributed by atoms with Crippen molar-refractivity contribution in [2.24, 2.45) is 0 Å². The fraction of sp³-hybridized carbons (Fsp3) is 0.692. The first kappa shape index (κ1) is 15.0. The van der Waals surface area contributed by atoms with Crippen LogP contribution in [0.2, 0.25) is 0 Å². The predicted molar refractivity (Wildman–Crippen MR) is 74.4 cm³/mol. The summed E-state index contributed by atoms with van der Waals surface area (Å²) >= 11 is 0. The largest absolute Gasteiger partial charge is 0.333 e. The van der Waals surface area contributed by atoms with E-state index in [2.05, 4.69) is 15.8 Å². The topological polar surface area (TPSA) is 87.8 Å². The summed E-state index contributed by atoms with van der Waals surface area (Å²) in [6.07, 6.45) is 6.82. The number of rotatable bonds is 5. The van der Waals surface area contributed by atoms with Crippen LogP contribution in [0.1, 0.15) is 52.0 Å². The molecule has 0 bridgehead atoms. The molecule has 0 amide bonds. The van der Waals surface area contributed by atoms with Crippen molar-refractivity contribution in [1.29, 1.82) is 5.26 Å². The molecule has 6 nitrogen and oxygen atoms in total. The van der Waals surface area contributed by atoms with E-state index in [4.69, 9.17) is 0 Å². The zero-order valence-corrected chi connectivity index (χ0v) is 12.7.